The predicted molar refractivity (Wildman–Crippen MR) is 133 cm³/mol. The van der Waals surface area contributed by atoms with Crippen molar-refractivity contribution in [1.82, 2.24) is 0 Å². The lowest BCUT2D eigenvalue weighted by atomic mass is 10.1. The van der Waals surface area contributed by atoms with Gasteiger partial charge in [-0.05, 0) is 54.6 Å². The highest BCUT2D eigenvalue weighted by molar-refractivity contribution is 7.21. The minimum atomic E-state index is -1.26. The number of fused-ring (bicyclic) bond motifs is 1. The SMILES string of the molecule is O=C(Nc1ccc(Cl)cc1)c1ccc(C(=O)O)c(NC(=O)c2sc3cc(Cl)ccc3c2Cl)c1. The highest BCUT2D eigenvalue weighted by Gasteiger charge is 2.21. The molecule has 33 heavy (non-hydrogen) atoms. The molecule has 3 aromatic carbocycles. The average molecular weight is 520 g/mol. The molecule has 0 atom stereocenters. The minimum absolute atomic E-state index is 0.0391. The zero-order valence-electron chi connectivity index (χ0n) is 16.5. The lowest BCUT2D eigenvalue weighted by Gasteiger charge is -2.11. The van der Waals surface area contributed by atoms with Crippen molar-refractivity contribution < 1.29 is 19.5 Å². The summed E-state index contributed by atoms with van der Waals surface area (Å²) in [6.07, 6.45) is 0. The highest BCUT2D eigenvalue weighted by atomic mass is 35.5. The number of carboxylic acid groups (broad SMARTS) is 1. The predicted octanol–water partition coefficient (Wildman–Crippen LogP) is 7.06. The Morgan fingerprint density at radius 3 is 2.18 bits per heavy atom. The molecule has 2 amide bonds. The van der Waals surface area contributed by atoms with Crippen molar-refractivity contribution in [3.05, 3.63) is 91.7 Å². The number of carboxylic acids is 1. The van der Waals surface area contributed by atoms with Gasteiger partial charge in [-0.15, -0.1) is 11.3 Å². The van der Waals surface area contributed by atoms with Crippen molar-refractivity contribution in [2.24, 2.45) is 0 Å². The van der Waals surface area contributed by atoms with Gasteiger partial charge in [0.2, 0.25) is 0 Å². The number of anilines is 2. The molecule has 0 aliphatic carbocycles. The van der Waals surface area contributed by atoms with Crippen LogP contribution in [-0.2, 0) is 0 Å². The first-order valence-electron chi connectivity index (χ1n) is 9.36. The van der Waals surface area contributed by atoms with E-state index in [-0.39, 0.29) is 26.7 Å². The van der Waals surface area contributed by atoms with E-state index in [1.807, 2.05) is 0 Å². The van der Waals surface area contributed by atoms with Gasteiger partial charge in [0, 0.05) is 31.4 Å². The Kier molecular flexibility index (Phi) is 6.58. The summed E-state index contributed by atoms with van der Waals surface area (Å²) in [5, 5.41) is 16.7. The van der Waals surface area contributed by atoms with Crippen LogP contribution in [0.1, 0.15) is 30.4 Å². The van der Waals surface area contributed by atoms with Gasteiger partial charge in [-0.2, -0.15) is 0 Å². The van der Waals surface area contributed by atoms with Crippen molar-refractivity contribution in [2.75, 3.05) is 10.6 Å². The van der Waals surface area contributed by atoms with Crippen LogP contribution >= 0.6 is 46.1 Å². The number of carbonyl (C=O) groups is 3. The van der Waals surface area contributed by atoms with Crippen LogP contribution in [-0.4, -0.2) is 22.9 Å². The number of thiophene rings is 1. The van der Waals surface area contributed by atoms with Gasteiger partial charge in [0.15, 0.2) is 0 Å². The van der Waals surface area contributed by atoms with Crippen molar-refractivity contribution in [2.45, 2.75) is 0 Å². The molecule has 0 aliphatic heterocycles. The molecule has 166 valence electrons. The van der Waals surface area contributed by atoms with Gasteiger partial charge in [0.25, 0.3) is 11.8 Å². The smallest absolute Gasteiger partial charge is 0.337 e. The van der Waals surface area contributed by atoms with Crippen molar-refractivity contribution in [3.63, 3.8) is 0 Å². The van der Waals surface area contributed by atoms with E-state index >= 15 is 0 Å². The van der Waals surface area contributed by atoms with E-state index in [0.717, 1.165) is 11.3 Å². The molecule has 0 bridgehead atoms. The maximum atomic E-state index is 12.9. The quantitative estimate of drug-likeness (QED) is 0.263. The number of nitrogens with one attached hydrogen (secondary N) is 2. The fourth-order valence-electron chi connectivity index (χ4n) is 3.08. The summed E-state index contributed by atoms with van der Waals surface area (Å²) in [7, 11) is 0. The third kappa shape index (κ3) is 4.96. The van der Waals surface area contributed by atoms with Gasteiger partial charge in [0.05, 0.1) is 16.3 Å². The minimum Gasteiger partial charge on any atom is -0.478 e. The summed E-state index contributed by atoms with van der Waals surface area (Å²) >= 11 is 19.4. The molecule has 3 N–H and O–H groups in total. The summed E-state index contributed by atoms with van der Waals surface area (Å²) in [4.78, 5) is 37.5. The Bertz CT molecular complexity index is 1420. The number of hydrogen-bond acceptors (Lipinski definition) is 4. The number of rotatable bonds is 5. The van der Waals surface area contributed by atoms with Crippen LogP contribution < -0.4 is 10.6 Å². The van der Waals surface area contributed by atoms with E-state index in [4.69, 9.17) is 34.8 Å². The molecule has 0 aliphatic rings. The first-order chi connectivity index (χ1) is 15.7. The number of benzene rings is 3. The monoisotopic (exact) mass is 518 g/mol. The molecule has 0 saturated carbocycles. The van der Waals surface area contributed by atoms with Crippen LogP contribution in [0.5, 0.6) is 0 Å². The van der Waals surface area contributed by atoms with Crippen molar-refractivity contribution in [1.29, 1.82) is 0 Å². The molecule has 0 fully saturated rings. The van der Waals surface area contributed by atoms with E-state index in [9.17, 15) is 19.5 Å². The molecule has 4 rings (SSSR count). The second kappa shape index (κ2) is 9.41. The summed E-state index contributed by atoms with van der Waals surface area (Å²) in [6, 6.07) is 15.5. The van der Waals surface area contributed by atoms with Crippen molar-refractivity contribution >= 4 is 85.4 Å². The molecule has 0 saturated heterocycles. The van der Waals surface area contributed by atoms with Gasteiger partial charge < -0.3 is 15.7 Å². The van der Waals surface area contributed by atoms with Crippen molar-refractivity contribution in [3.8, 4) is 0 Å². The average Bonchev–Trinajstić information content (AvgIpc) is 3.10. The molecule has 10 heteroatoms. The van der Waals surface area contributed by atoms with Crippen LogP contribution in [0.25, 0.3) is 10.1 Å². The lowest BCUT2D eigenvalue weighted by Crippen LogP contribution is -2.17. The van der Waals surface area contributed by atoms with E-state index in [2.05, 4.69) is 10.6 Å². The molecule has 6 nitrogen and oxygen atoms in total. The van der Waals surface area contributed by atoms with E-state index in [1.54, 1.807) is 42.5 Å². The second-order valence-corrected chi connectivity index (χ2v) is 9.17. The van der Waals surface area contributed by atoms with Crippen LogP contribution in [0.3, 0.4) is 0 Å². The third-order valence-electron chi connectivity index (χ3n) is 4.66. The summed E-state index contributed by atoms with van der Waals surface area (Å²) in [6.45, 7) is 0. The topological polar surface area (TPSA) is 95.5 Å². The number of carbonyl (C=O) groups excluding carboxylic acids is 2. The first-order valence-corrected chi connectivity index (χ1v) is 11.3. The summed E-state index contributed by atoms with van der Waals surface area (Å²) in [5.41, 5.74) is 0.446. The Labute approximate surface area is 206 Å². The first kappa shape index (κ1) is 23.1. The Morgan fingerprint density at radius 1 is 0.788 bits per heavy atom. The number of amides is 2. The second-order valence-electron chi connectivity index (χ2n) is 6.87. The fourth-order valence-corrected chi connectivity index (χ4v) is 4.89. The number of hydrogen-bond donors (Lipinski definition) is 3. The van der Waals surface area contributed by atoms with Gasteiger partial charge in [-0.3, -0.25) is 9.59 Å². The largest absolute Gasteiger partial charge is 0.478 e. The normalized spacial score (nSPS) is 10.8. The van der Waals surface area contributed by atoms with E-state index < -0.39 is 17.8 Å². The van der Waals surface area contributed by atoms with E-state index in [1.165, 1.54) is 18.2 Å². The number of halogens is 3. The zero-order valence-corrected chi connectivity index (χ0v) is 19.6. The summed E-state index contributed by atoms with van der Waals surface area (Å²) in [5.74, 6) is -2.35. The molecule has 4 aromatic rings. The Hall–Kier alpha value is -3.10. The molecular weight excluding hydrogens is 507 g/mol. The van der Waals surface area contributed by atoms with Gasteiger partial charge in [0.1, 0.15) is 4.88 Å². The fraction of sp³-hybridized carbons (Fsp3) is 0. The number of aromatic carboxylic acids is 1. The standard InChI is InChI=1S/C23H13Cl3N2O4S/c24-12-2-5-14(6-3-12)27-21(29)11-1-7-15(23(31)32)17(9-11)28-22(30)20-19(26)16-8-4-13(25)10-18(16)33-20/h1-10H,(H,27,29)(H,28,30)(H,31,32). The molecular formula is C23H13Cl3N2O4S. The summed E-state index contributed by atoms with van der Waals surface area (Å²) < 4.78 is 0.715. The van der Waals surface area contributed by atoms with Crippen LogP contribution in [0.2, 0.25) is 15.1 Å². The lowest BCUT2D eigenvalue weighted by molar-refractivity contribution is 0.0697. The third-order valence-corrected chi connectivity index (χ3v) is 6.80. The van der Waals surface area contributed by atoms with Crippen LogP contribution in [0, 0.1) is 0 Å². The molecule has 1 aromatic heterocycles. The van der Waals surface area contributed by atoms with Gasteiger partial charge >= 0.3 is 5.97 Å². The van der Waals surface area contributed by atoms with Gasteiger partial charge in [-0.25, -0.2) is 4.79 Å². The van der Waals surface area contributed by atoms with Gasteiger partial charge in [-0.1, -0.05) is 40.9 Å². The maximum absolute atomic E-state index is 12.9. The van der Waals surface area contributed by atoms with E-state index in [0.29, 0.717) is 25.8 Å². The molecule has 0 unspecified atom stereocenters. The van der Waals surface area contributed by atoms with Crippen LogP contribution in [0.15, 0.2) is 60.7 Å². The zero-order chi connectivity index (χ0) is 23.7. The Morgan fingerprint density at radius 2 is 1.48 bits per heavy atom. The van der Waals surface area contributed by atoms with Crippen LogP contribution in [0.4, 0.5) is 11.4 Å². The highest BCUT2D eigenvalue weighted by Crippen LogP contribution is 2.37. The molecule has 0 radical (unpaired) electrons. The maximum Gasteiger partial charge on any atom is 0.337 e. The molecule has 1 heterocycles. The molecule has 0 spiro atoms. The Balaban J connectivity index is 1.64.